The van der Waals surface area contributed by atoms with Crippen molar-refractivity contribution in [1.82, 2.24) is 10.1 Å². The van der Waals surface area contributed by atoms with E-state index in [0.29, 0.717) is 0 Å². The number of nitrogens with zero attached hydrogens (tertiary/aromatic N) is 3. The van der Waals surface area contributed by atoms with Gasteiger partial charge in [0.25, 0.3) is 0 Å². The lowest BCUT2D eigenvalue weighted by atomic mass is 10.1. The van der Waals surface area contributed by atoms with Gasteiger partial charge in [-0.3, -0.25) is 0 Å². The highest BCUT2D eigenvalue weighted by Crippen LogP contribution is 2.31. The van der Waals surface area contributed by atoms with E-state index in [0.717, 1.165) is 54.1 Å². The molecule has 2 aromatic heterocycles. The summed E-state index contributed by atoms with van der Waals surface area (Å²) in [6.07, 6.45) is 0. The topological polar surface area (TPSA) is 51.4 Å². The lowest BCUT2D eigenvalue weighted by molar-refractivity contribution is 0.122. The zero-order valence-electron chi connectivity index (χ0n) is 10.5. The van der Waals surface area contributed by atoms with E-state index in [2.05, 4.69) is 20.4 Å². The van der Waals surface area contributed by atoms with E-state index in [9.17, 15) is 0 Å². The minimum atomic E-state index is 0.778. The van der Waals surface area contributed by atoms with Crippen LogP contribution in [0.3, 0.4) is 0 Å². The Morgan fingerprint density at radius 1 is 1.28 bits per heavy atom. The second kappa shape index (κ2) is 4.70. The van der Waals surface area contributed by atoms with E-state index in [-0.39, 0.29) is 0 Å². The van der Waals surface area contributed by atoms with Gasteiger partial charge in [0.15, 0.2) is 5.13 Å². The molecule has 1 fully saturated rings. The number of ether oxygens (including phenoxy) is 1. The second-order valence-electron chi connectivity index (χ2n) is 4.31. The molecule has 2 aromatic rings. The molecule has 0 spiro atoms. The number of aromatic nitrogens is 2. The third-order valence-corrected chi connectivity index (χ3v) is 3.96. The van der Waals surface area contributed by atoms with Crippen LogP contribution in [0.2, 0.25) is 0 Å². The summed E-state index contributed by atoms with van der Waals surface area (Å²) in [4.78, 5) is 6.95. The summed E-state index contributed by atoms with van der Waals surface area (Å²) in [5.74, 6) is 0.825. The van der Waals surface area contributed by atoms with Gasteiger partial charge in [0.2, 0.25) is 0 Å². The van der Waals surface area contributed by atoms with Crippen molar-refractivity contribution in [1.29, 1.82) is 0 Å². The summed E-state index contributed by atoms with van der Waals surface area (Å²) in [6, 6.07) is 0. The fourth-order valence-electron chi connectivity index (χ4n) is 2.13. The number of morpholine rings is 1. The molecule has 0 aromatic carbocycles. The largest absolute Gasteiger partial charge is 0.378 e. The van der Waals surface area contributed by atoms with Crippen LogP contribution in [0.25, 0.3) is 11.3 Å². The highest BCUT2D eigenvalue weighted by atomic mass is 32.1. The monoisotopic (exact) mass is 265 g/mol. The van der Waals surface area contributed by atoms with E-state index >= 15 is 0 Å². The predicted molar refractivity (Wildman–Crippen MR) is 70.1 cm³/mol. The number of aryl methyl sites for hydroxylation is 2. The molecule has 0 aliphatic carbocycles. The van der Waals surface area contributed by atoms with Crippen LogP contribution in [-0.2, 0) is 4.74 Å². The van der Waals surface area contributed by atoms with Crippen molar-refractivity contribution in [3.63, 3.8) is 0 Å². The van der Waals surface area contributed by atoms with Gasteiger partial charge in [-0.05, 0) is 13.8 Å². The van der Waals surface area contributed by atoms with Crippen LogP contribution in [0.5, 0.6) is 0 Å². The number of rotatable bonds is 2. The van der Waals surface area contributed by atoms with Crippen molar-refractivity contribution in [3.05, 3.63) is 16.8 Å². The van der Waals surface area contributed by atoms with E-state index < -0.39 is 0 Å². The predicted octanol–water partition coefficient (Wildman–Crippen LogP) is 2.25. The average Bonchev–Trinajstić information content (AvgIpc) is 2.98. The maximum atomic E-state index is 5.35. The van der Waals surface area contributed by atoms with Crippen molar-refractivity contribution in [2.75, 3.05) is 31.2 Å². The summed E-state index contributed by atoms with van der Waals surface area (Å²) < 4.78 is 10.5. The molecular weight excluding hydrogens is 250 g/mol. The van der Waals surface area contributed by atoms with E-state index in [1.165, 1.54) is 0 Å². The summed E-state index contributed by atoms with van der Waals surface area (Å²) in [5, 5.41) is 7.09. The molecular formula is C12H15N3O2S. The Morgan fingerprint density at radius 3 is 2.72 bits per heavy atom. The number of hydrogen-bond donors (Lipinski definition) is 0. The molecule has 0 radical (unpaired) electrons. The van der Waals surface area contributed by atoms with Crippen LogP contribution in [0, 0.1) is 13.8 Å². The Labute approximate surface area is 109 Å². The zero-order chi connectivity index (χ0) is 12.5. The first-order valence-corrected chi connectivity index (χ1v) is 6.85. The van der Waals surface area contributed by atoms with Gasteiger partial charge < -0.3 is 14.2 Å². The Hall–Kier alpha value is -1.40. The molecule has 0 saturated carbocycles. The fraction of sp³-hybridized carbons (Fsp3) is 0.500. The molecule has 0 N–H and O–H groups in total. The van der Waals surface area contributed by atoms with Crippen molar-refractivity contribution < 1.29 is 9.26 Å². The molecule has 96 valence electrons. The normalized spacial score (nSPS) is 16.2. The number of hydrogen-bond acceptors (Lipinski definition) is 6. The first-order chi connectivity index (χ1) is 8.75. The molecule has 0 bridgehead atoms. The van der Waals surface area contributed by atoms with Crippen molar-refractivity contribution in [2.45, 2.75) is 13.8 Å². The SMILES string of the molecule is Cc1noc(C)c1-c1csc(N2CCOCC2)n1. The number of anilines is 1. The lowest BCUT2D eigenvalue weighted by Gasteiger charge is -2.25. The molecule has 3 heterocycles. The lowest BCUT2D eigenvalue weighted by Crippen LogP contribution is -2.36. The first kappa shape index (κ1) is 11.7. The minimum Gasteiger partial charge on any atom is -0.378 e. The molecule has 1 saturated heterocycles. The van der Waals surface area contributed by atoms with Crippen molar-refractivity contribution >= 4 is 16.5 Å². The van der Waals surface area contributed by atoms with Crippen LogP contribution in [-0.4, -0.2) is 36.4 Å². The Balaban J connectivity index is 1.89. The van der Waals surface area contributed by atoms with Gasteiger partial charge in [-0.15, -0.1) is 11.3 Å². The zero-order valence-corrected chi connectivity index (χ0v) is 11.3. The van der Waals surface area contributed by atoms with Gasteiger partial charge in [-0.2, -0.15) is 0 Å². The van der Waals surface area contributed by atoms with Crippen molar-refractivity contribution in [3.8, 4) is 11.3 Å². The fourth-order valence-corrected chi connectivity index (χ4v) is 3.00. The first-order valence-electron chi connectivity index (χ1n) is 5.97. The molecule has 1 aliphatic rings. The van der Waals surface area contributed by atoms with Gasteiger partial charge in [0.1, 0.15) is 5.76 Å². The molecule has 0 amide bonds. The smallest absolute Gasteiger partial charge is 0.186 e. The Morgan fingerprint density at radius 2 is 2.06 bits per heavy atom. The standard InChI is InChI=1S/C12H15N3O2S/c1-8-11(9(2)17-14-8)10-7-18-12(13-10)15-3-5-16-6-4-15/h7H,3-6H2,1-2H3. The maximum absolute atomic E-state index is 5.35. The molecule has 18 heavy (non-hydrogen) atoms. The number of thiazole rings is 1. The van der Waals surface area contributed by atoms with Gasteiger partial charge in [0, 0.05) is 18.5 Å². The molecule has 0 atom stereocenters. The third-order valence-electron chi connectivity index (χ3n) is 3.06. The molecule has 5 nitrogen and oxygen atoms in total. The van der Waals surface area contributed by atoms with Crippen LogP contribution in [0.1, 0.15) is 11.5 Å². The molecule has 1 aliphatic heterocycles. The van der Waals surface area contributed by atoms with E-state index in [1.54, 1.807) is 11.3 Å². The van der Waals surface area contributed by atoms with Crippen LogP contribution < -0.4 is 4.90 Å². The molecule has 0 unspecified atom stereocenters. The van der Waals surface area contributed by atoms with E-state index in [1.807, 2.05) is 13.8 Å². The maximum Gasteiger partial charge on any atom is 0.186 e. The Kier molecular flexibility index (Phi) is 3.05. The van der Waals surface area contributed by atoms with E-state index in [4.69, 9.17) is 9.26 Å². The summed E-state index contributed by atoms with van der Waals surface area (Å²) in [5.41, 5.74) is 2.87. The van der Waals surface area contributed by atoms with Gasteiger partial charge in [-0.1, -0.05) is 5.16 Å². The summed E-state index contributed by atoms with van der Waals surface area (Å²) in [6.45, 7) is 7.24. The van der Waals surface area contributed by atoms with Crippen molar-refractivity contribution in [2.24, 2.45) is 0 Å². The molecule has 3 rings (SSSR count). The summed E-state index contributed by atoms with van der Waals surface area (Å²) >= 11 is 1.66. The van der Waals surface area contributed by atoms with Gasteiger partial charge >= 0.3 is 0 Å². The molecule has 6 heteroatoms. The Bertz CT molecular complexity index is 524. The van der Waals surface area contributed by atoms with Crippen LogP contribution >= 0.6 is 11.3 Å². The second-order valence-corrected chi connectivity index (χ2v) is 5.15. The van der Waals surface area contributed by atoms with Crippen LogP contribution in [0.4, 0.5) is 5.13 Å². The quantitative estimate of drug-likeness (QED) is 0.833. The highest BCUT2D eigenvalue weighted by molar-refractivity contribution is 7.14. The minimum absolute atomic E-state index is 0.778. The highest BCUT2D eigenvalue weighted by Gasteiger charge is 2.18. The van der Waals surface area contributed by atoms with Gasteiger partial charge in [-0.25, -0.2) is 4.98 Å². The van der Waals surface area contributed by atoms with Crippen LogP contribution in [0.15, 0.2) is 9.90 Å². The third kappa shape index (κ3) is 2.02. The van der Waals surface area contributed by atoms with Gasteiger partial charge in [0.05, 0.1) is 30.2 Å². The average molecular weight is 265 g/mol. The summed E-state index contributed by atoms with van der Waals surface area (Å²) in [7, 11) is 0.